The molecule has 0 heterocycles. The fourth-order valence-electron chi connectivity index (χ4n) is 0. The molecule has 0 atom stereocenters. The largest absolute Gasteiger partial charge is 2.00 e. The topological polar surface area (TPSA) is 37.3 Å². The van der Waals surface area contributed by atoms with Crippen LogP contribution in [0.5, 0.6) is 0 Å². The summed E-state index contributed by atoms with van der Waals surface area (Å²) in [4.78, 5) is 9.44. The van der Waals surface area contributed by atoms with Gasteiger partial charge in [-0.1, -0.05) is 0 Å². The van der Waals surface area contributed by atoms with Gasteiger partial charge < -0.3 is 24.8 Å². The quantitative estimate of drug-likeness (QED) is 0.501. The van der Waals surface area contributed by atoms with E-state index in [1.165, 1.54) is 13.8 Å². The summed E-state index contributed by atoms with van der Waals surface area (Å²) >= 11 is 0. The Balaban J connectivity index is -0.0000000146. The molecular weight excluding hydrogens is 196 g/mol. The summed E-state index contributed by atoms with van der Waals surface area (Å²) in [5.41, 5.74) is -0.500. The van der Waals surface area contributed by atoms with Gasteiger partial charge in [-0.2, -0.15) is 13.5 Å². The van der Waals surface area contributed by atoms with Crippen LogP contribution in [0.2, 0.25) is 0 Å². The number of aliphatic hydroxyl groups is 1. The molecule has 0 saturated heterocycles. The molecular formula is C9H24MgO2S. The maximum atomic E-state index is 9.44. The maximum absolute atomic E-state index is 9.44. The summed E-state index contributed by atoms with van der Waals surface area (Å²) in [6.07, 6.45) is 0. The standard InChI is InChI=1S/C4H10O.C3H6O.2CH3.Mg.H2S/c1-4(2,3)5;1-3(2)4;;;;/h5H,1-3H3;1-2H3;2*1H3;;1H2/q;;2*-1;+2;. The molecule has 0 aromatic heterocycles. The molecule has 0 bridgehead atoms. The maximum Gasteiger partial charge on any atom is 2.00 e. The summed E-state index contributed by atoms with van der Waals surface area (Å²) in [6.45, 7) is 8.28. The normalized spacial score (nSPS) is 6.62. The zero-order valence-electron chi connectivity index (χ0n) is 10.1. The molecule has 0 aliphatic rings. The van der Waals surface area contributed by atoms with Gasteiger partial charge in [-0.3, -0.25) is 0 Å². The summed E-state index contributed by atoms with van der Waals surface area (Å²) in [5.74, 6) is 0.167. The predicted molar refractivity (Wildman–Crippen MR) is 67.3 cm³/mol. The van der Waals surface area contributed by atoms with Gasteiger partial charge in [0.05, 0.1) is 5.60 Å². The summed E-state index contributed by atoms with van der Waals surface area (Å²) in [7, 11) is 0. The second-order valence-electron chi connectivity index (χ2n) is 3.08. The molecule has 0 fully saturated rings. The first kappa shape index (κ1) is 37.2. The molecule has 0 radical (unpaired) electrons. The van der Waals surface area contributed by atoms with Crippen molar-refractivity contribution in [2.24, 2.45) is 0 Å². The molecule has 0 spiro atoms. The predicted octanol–water partition coefficient (Wildman–Crippen LogP) is 2.01. The first-order chi connectivity index (χ1) is 3.73. The smallest absolute Gasteiger partial charge is 0.391 e. The van der Waals surface area contributed by atoms with E-state index in [0.29, 0.717) is 0 Å². The van der Waals surface area contributed by atoms with Crippen molar-refractivity contribution in [3.05, 3.63) is 14.9 Å². The van der Waals surface area contributed by atoms with E-state index >= 15 is 0 Å². The Morgan fingerprint density at radius 2 is 1.08 bits per heavy atom. The number of ketones is 1. The Morgan fingerprint density at radius 1 is 1.08 bits per heavy atom. The minimum Gasteiger partial charge on any atom is -0.391 e. The molecule has 13 heavy (non-hydrogen) atoms. The van der Waals surface area contributed by atoms with Gasteiger partial charge in [0.2, 0.25) is 0 Å². The number of carbonyl (C=O) groups excluding carboxylic acids is 1. The first-order valence-corrected chi connectivity index (χ1v) is 2.93. The van der Waals surface area contributed by atoms with Crippen LogP contribution in [0.1, 0.15) is 34.6 Å². The average molecular weight is 221 g/mol. The van der Waals surface area contributed by atoms with E-state index in [9.17, 15) is 4.79 Å². The second kappa shape index (κ2) is 18.5. The summed E-state index contributed by atoms with van der Waals surface area (Å²) < 4.78 is 0. The SMILES string of the molecule is CC(C)(C)O.CC(C)=O.S.[CH3-].[CH3-].[Mg+2]. The molecule has 0 aliphatic heterocycles. The number of rotatable bonds is 0. The van der Waals surface area contributed by atoms with Crippen LogP contribution in [0, 0.1) is 14.9 Å². The molecule has 0 aromatic carbocycles. The van der Waals surface area contributed by atoms with Gasteiger partial charge in [0.15, 0.2) is 0 Å². The van der Waals surface area contributed by atoms with E-state index in [0.717, 1.165) is 0 Å². The number of hydrogen-bond donors (Lipinski definition) is 1. The molecule has 4 heteroatoms. The van der Waals surface area contributed by atoms with Crippen LogP contribution < -0.4 is 0 Å². The zero-order chi connectivity index (χ0) is 8.08. The summed E-state index contributed by atoms with van der Waals surface area (Å²) in [6, 6.07) is 0. The third-order valence-corrected chi connectivity index (χ3v) is 0. The number of hydrogen-bond acceptors (Lipinski definition) is 2. The zero-order valence-corrected chi connectivity index (χ0v) is 12.5. The molecule has 0 rings (SSSR count). The number of Topliss-reactive ketones (excluding diaryl/α,β-unsaturated/α-hetero) is 1. The van der Waals surface area contributed by atoms with Gasteiger partial charge in [0.25, 0.3) is 0 Å². The van der Waals surface area contributed by atoms with Gasteiger partial charge in [-0.15, -0.1) is 0 Å². The Labute approximate surface area is 107 Å². The van der Waals surface area contributed by atoms with Gasteiger partial charge in [0, 0.05) is 0 Å². The molecule has 0 saturated carbocycles. The molecule has 0 aromatic rings. The Morgan fingerprint density at radius 3 is 1.08 bits per heavy atom. The van der Waals surface area contributed by atoms with E-state index in [4.69, 9.17) is 5.11 Å². The third-order valence-electron chi connectivity index (χ3n) is 0. The molecule has 0 unspecified atom stereocenters. The van der Waals surface area contributed by atoms with E-state index < -0.39 is 5.60 Å². The Kier molecular flexibility index (Phi) is 53.0. The van der Waals surface area contributed by atoms with E-state index in [2.05, 4.69) is 0 Å². The van der Waals surface area contributed by atoms with Crippen LogP contribution in [0.25, 0.3) is 0 Å². The van der Waals surface area contributed by atoms with Crippen LogP contribution in [-0.4, -0.2) is 39.5 Å². The van der Waals surface area contributed by atoms with Crippen LogP contribution >= 0.6 is 13.5 Å². The molecule has 2 nitrogen and oxygen atoms in total. The second-order valence-corrected chi connectivity index (χ2v) is 3.08. The Hall–Kier alpha value is 0.746. The van der Waals surface area contributed by atoms with Gasteiger partial charge >= 0.3 is 23.1 Å². The van der Waals surface area contributed by atoms with E-state index in [-0.39, 0.29) is 57.2 Å². The van der Waals surface area contributed by atoms with Crippen LogP contribution in [0.3, 0.4) is 0 Å². The van der Waals surface area contributed by atoms with Gasteiger partial charge in [0.1, 0.15) is 5.78 Å². The van der Waals surface area contributed by atoms with Crippen LogP contribution in [-0.2, 0) is 4.79 Å². The average Bonchev–Trinajstić information content (AvgIpc) is 1.19. The monoisotopic (exact) mass is 220 g/mol. The minimum absolute atomic E-state index is 0. The van der Waals surface area contributed by atoms with Crippen LogP contribution in [0.4, 0.5) is 0 Å². The first-order valence-electron chi connectivity index (χ1n) is 2.93. The van der Waals surface area contributed by atoms with Gasteiger partial charge in [-0.05, 0) is 34.6 Å². The fraction of sp³-hybridized carbons (Fsp3) is 0.667. The number of carbonyl (C=O) groups is 1. The molecule has 1 N–H and O–H groups in total. The van der Waals surface area contributed by atoms with Crippen molar-refractivity contribution < 1.29 is 9.90 Å². The Bertz CT molecular complexity index is 80.1. The van der Waals surface area contributed by atoms with Crippen molar-refractivity contribution in [1.29, 1.82) is 0 Å². The molecule has 0 amide bonds. The molecule has 80 valence electrons. The van der Waals surface area contributed by atoms with Crippen molar-refractivity contribution in [1.82, 2.24) is 0 Å². The summed E-state index contributed by atoms with van der Waals surface area (Å²) in [5, 5.41) is 8.52. The van der Waals surface area contributed by atoms with E-state index in [1.54, 1.807) is 20.8 Å². The third kappa shape index (κ3) is 2640. The van der Waals surface area contributed by atoms with Crippen molar-refractivity contribution in [2.45, 2.75) is 40.2 Å². The van der Waals surface area contributed by atoms with Crippen molar-refractivity contribution in [2.75, 3.05) is 0 Å². The van der Waals surface area contributed by atoms with Crippen molar-refractivity contribution in [3.63, 3.8) is 0 Å². The van der Waals surface area contributed by atoms with Crippen molar-refractivity contribution >= 4 is 42.3 Å². The minimum atomic E-state index is -0.500. The van der Waals surface area contributed by atoms with E-state index in [1.807, 2.05) is 0 Å². The van der Waals surface area contributed by atoms with Crippen molar-refractivity contribution in [3.8, 4) is 0 Å². The van der Waals surface area contributed by atoms with Gasteiger partial charge in [-0.25, -0.2) is 0 Å². The van der Waals surface area contributed by atoms with Crippen LogP contribution in [0.15, 0.2) is 0 Å². The fourth-order valence-corrected chi connectivity index (χ4v) is 0. The molecule has 0 aliphatic carbocycles.